The molecular formula is C17H19NO2. The van der Waals surface area contributed by atoms with E-state index >= 15 is 0 Å². The first-order chi connectivity index (χ1) is 9.75. The molecule has 1 saturated carbocycles. The van der Waals surface area contributed by atoms with Crippen LogP contribution < -0.4 is 5.32 Å². The van der Waals surface area contributed by atoms with E-state index in [0.29, 0.717) is 12.1 Å². The molecule has 0 radical (unpaired) electrons. The highest BCUT2D eigenvalue weighted by Gasteiger charge is 2.20. The van der Waals surface area contributed by atoms with Gasteiger partial charge in [0.05, 0.1) is 5.56 Å². The van der Waals surface area contributed by atoms with Crippen molar-refractivity contribution in [1.82, 2.24) is 5.32 Å². The number of nitrogens with one attached hydrogen (secondary N) is 1. The van der Waals surface area contributed by atoms with Crippen molar-refractivity contribution in [3.8, 4) is 5.75 Å². The average Bonchev–Trinajstić information content (AvgIpc) is 3.28. The molecule has 3 nitrogen and oxygen atoms in total. The van der Waals surface area contributed by atoms with Crippen LogP contribution in [-0.4, -0.2) is 17.6 Å². The maximum absolute atomic E-state index is 12.1. The Balaban J connectivity index is 1.68. The van der Waals surface area contributed by atoms with Crippen LogP contribution in [0.15, 0.2) is 36.4 Å². The molecule has 2 aromatic rings. The highest BCUT2D eigenvalue weighted by atomic mass is 16.3. The zero-order valence-corrected chi connectivity index (χ0v) is 11.4. The van der Waals surface area contributed by atoms with Gasteiger partial charge in [-0.3, -0.25) is 4.79 Å². The van der Waals surface area contributed by atoms with Gasteiger partial charge in [0.1, 0.15) is 5.75 Å². The van der Waals surface area contributed by atoms with Gasteiger partial charge in [0, 0.05) is 11.9 Å². The second kappa shape index (κ2) is 5.53. The smallest absolute Gasteiger partial charge is 0.255 e. The summed E-state index contributed by atoms with van der Waals surface area (Å²) in [4.78, 5) is 12.1. The fourth-order valence-electron chi connectivity index (χ4n) is 2.53. The summed E-state index contributed by atoms with van der Waals surface area (Å²) >= 11 is 0. The van der Waals surface area contributed by atoms with E-state index in [1.54, 1.807) is 6.07 Å². The van der Waals surface area contributed by atoms with Gasteiger partial charge in [-0.05, 0) is 30.2 Å². The second-order valence-electron chi connectivity index (χ2n) is 5.52. The maximum atomic E-state index is 12.1. The van der Waals surface area contributed by atoms with E-state index in [2.05, 4.69) is 5.32 Å². The molecule has 0 aromatic heterocycles. The van der Waals surface area contributed by atoms with Gasteiger partial charge in [-0.1, -0.05) is 43.2 Å². The van der Waals surface area contributed by atoms with E-state index in [1.807, 2.05) is 30.3 Å². The molecule has 20 heavy (non-hydrogen) atoms. The third-order valence-corrected chi connectivity index (χ3v) is 3.92. The lowest BCUT2D eigenvalue weighted by atomic mass is 10.0. The summed E-state index contributed by atoms with van der Waals surface area (Å²) in [6, 6.07) is 11.1. The van der Waals surface area contributed by atoms with Crippen molar-refractivity contribution in [2.75, 3.05) is 6.54 Å². The number of phenolic OH excluding ortho intramolecular Hbond substituents is 1. The van der Waals surface area contributed by atoms with Crippen LogP contribution in [-0.2, 0) is 0 Å². The highest BCUT2D eigenvalue weighted by Crippen LogP contribution is 2.33. The molecule has 1 fully saturated rings. The van der Waals surface area contributed by atoms with E-state index in [-0.39, 0.29) is 11.7 Å². The van der Waals surface area contributed by atoms with Crippen molar-refractivity contribution in [2.45, 2.75) is 25.7 Å². The van der Waals surface area contributed by atoms with Crippen molar-refractivity contribution in [2.24, 2.45) is 5.92 Å². The van der Waals surface area contributed by atoms with Crippen molar-refractivity contribution < 1.29 is 9.90 Å². The number of hydrogen-bond donors (Lipinski definition) is 2. The minimum atomic E-state index is -0.191. The van der Waals surface area contributed by atoms with Crippen LogP contribution in [0.1, 0.15) is 36.0 Å². The monoisotopic (exact) mass is 269 g/mol. The summed E-state index contributed by atoms with van der Waals surface area (Å²) < 4.78 is 0. The molecule has 2 aromatic carbocycles. The lowest BCUT2D eigenvalue weighted by Gasteiger charge is -2.09. The number of carbonyl (C=O) groups is 1. The molecular weight excluding hydrogens is 250 g/mol. The molecule has 0 heterocycles. The van der Waals surface area contributed by atoms with Crippen molar-refractivity contribution in [3.63, 3.8) is 0 Å². The standard InChI is InChI=1S/C17H19NO2/c19-16-14-6-2-1-5-13(14)9-10-15(16)17(20)18-11-3-4-12-7-8-12/h1-2,5-6,9-10,12,19H,3-4,7-8,11H2,(H,18,20). The lowest BCUT2D eigenvalue weighted by Crippen LogP contribution is -2.24. The largest absolute Gasteiger partial charge is 0.506 e. The quantitative estimate of drug-likeness (QED) is 0.817. The van der Waals surface area contributed by atoms with E-state index in [0.717, 1.165) is 23.1 Å². The van der Waals surface area contributed by atoms with Crippen LogP contribution >= 0.6 is 0 Å². The minimum Gasteiger partial charge on any atom is -0.506 e. The lowest BCUT2D eigenvalue weighted by molar-refractivity contribution is 0.0950. The molecule has 1 aliphatic rings. The summed E-state index contributed by atoms with van der Waals surface area (Å²) in [6.07, 6.45) is 4.91. The van der Waals surface area contributed by atoms with Crippen molar-refractivity contribution in [1.29, 1.82) is 0 Å². The predicted molar refractivity (Wildman–Crippen MR) is 79.9 cm³/mol. The van der Waals surface area contributed by atoms with Gasteiger partial charge in [-0.2, -0.15) is 0 Å². The summed E-state index contributed by atoms with van der Waals surface area (Å²) in [5, 5.41) is 14.8. The Labute approximate surface area is 118 Å². The van der Waals surface area contributed by atoms with Gasteiger partial charge in [-0.25, -0.2) is 0 Å². The molecule has 0 aliphatic heterocycles. The SMILES string of the molecule is O=C(NCCCC1CC1)c1ccc2ccccc2c1O. The molecule has 3 heteroatoms. The molecule has 0 atom stereocenters. The highest BCUT2D eigenvalue weighted by molar-refractivity contribution is 6.03. The van der Waals surface area contributed by atoms with Crippen molar-refractivity contribution >= 4 is 16.7 Å². The minimum absolute atomic E-state index is 0.0720. The van der Waals surface area contributed by atoms with Gasteiger partial charge in [0.2, 0.25) is 0 Å². The third-order valence-electron chi connectivity index (χ3n) is 3.92. The topological polar surface area (TPSA) is 49.3 Å². The zero-order chi connectivity index (χ0) is 13.9. The Bertz CT molecular complexity index is 632. The fraction of sp³-hybridized carbons (Fsp3) is 0.353. The summed E-state index contributed by atoms with van der Waals surface area (Å²) in [5.41, 5.74) is 0.357. The number of carbonyl (C=O) groups excluding carboxylic acids is 1. The average molecular weight is 269 g/mol. The maximum Gasteiger partial charge on any atom is 0.255 e. The Hall–Kier alpha value is -2.03. The van der Waals surface area contributed by atoms with Crippen LogP contribution in [0.2, 0.25) is 0 Å². The predicted octanol–water partition coefficient (Wildman–Crippen LogP) is 3.47. The van der Waals surface area contributed by atoms with Crippen LogP contribution in [0, 0.1) is 5.92 Å². The second-order valence-corrected chi connectivity index (χ2v) is 5.52. The molecule has 1 amide bonds. The van der Waals surface area contributed by atoms with Crippen LogP contribution in [0.3, 0.4) is 0 Å². The fourth-order valence-corrected chi connectivity index (χ4v) is 2.53. The van der Waals surface area contributed by atoms with E-state index in [1.165, 1.54) is 19.3 Å². The van der Waals surface area contributed by atoms with E-state index < -0.39 is 0 Å². The molecule has 0 bridgehead atoms. The Morgan fingerprint density at radius 3 is 2.80 bits per heavy atom. The number of aromatic hydroxyl groups is 1. The van der Waals surface area contributed by atoms with Crippen LogP contribution in [0.5, 0.6) is 5.75 Å². The zero-order valence-electron chi connectivity index (χ0n) is 11.4. The molecule has 3 rings (SSSR count). The number of amides is 1. The third kappa shape index (κ3) is 2.77. The number of fused-ring (bicyclic) bond motifs is 1. The number of rotatable bonds is 5. The number of benzene rings is 2. The van der Waals surface area contributed by atoms with Gasteiger partial charge < -0.3 is 10.4 Å². The summed E-state index contributed by atoms with van der Waals surface area (Å²) in [7, 11) is 0. The molecule has 0 unspecified atom stereocenters. The summed E-state index contributed by atoms with van der Waals surface area (Å²) in [6.45, 7) is 0.682. The molecule has 1 aliphatic carbocycles. The van der Waals surface area contributed by atoms with E-state index in [9.17, 15) is 9.90 Å². The molecule has 0 spiro atoms. The Kier molecular flexibility index (Phi) is 3.59. The first-order valence-electron chi connectivity index (χ1n) is 7.24. The molecule has 0 saturated heterocycles. The normalized spacial score (nSPS) is 14.4. The molecule has 2 N–H and O–H groups in total. The first-order valence-corrected chi connectivity index (χ1v) is 7.24. The van der Waals surface area contributed by atoms with E-state index in [4.69, 9.17) is 0 Å². The number of hydrogen-bond acceptors (Lipinski definition) is 2. The van der Waals surface area contributed by atoms with Crippen LogP contribution in [0.4, 0.5) is 0 Å². The first kappa shape index (κ1) is 13.0. The van der Waals surface area contributed by atoms with Gasteiger partial charge in [0.15, 0.2) is 0 Å². The number of phenols is 1. The Morgan fingerprint density at radius 2 is 2.00 bits per heavy atom. The van der Waals surface area contributed by atoms with Gasteiger partial charge >= 0.3 is 0 Å². The molecule has 104 valence electrons. The van der Waals surface area contributed by atoms with Crippen LogP contribution in [0.25, 0.3) is 10.8 Å². The Morgan fingerprint density at radius 1 is 1.20 bits per heavy atom. The van der Waals surface area contributed by atoms with Crippen molar-refractivity contribution in [3.05, 3.63) is 42.0 Å². The summed E-state index contributed by atoms with van der Waals surface area (Å²) in [5.74, 6) is 0.771. The van der Waals surface area contributed by atoms with Gasteiger partial charge in [0.25, 0.3) is 5.91 Å². The van der Waals surface area contributed by atoms with Gasteiger partial charge in [-0.15, -0.1) is 0 Å².